The Hall–Kier alpha value is -0.820. The highest BCUT2D eigenvalue weighted by Gasteiger charge is 2.06. The van der Waals surface area contributed by atoms with Crippen molar-refractivity contribution in [2.75, 3.05) is 5.88 Å². The SMILES string of the molecule is CCC(C)C(=O)CCl.Cc1ccccc1. The smallest absolute Gasteiger partial charge is 0.150 e. The number of halogens is 1. The number of carbonyl (C=O) groups excluding carboxylic acids is 1. The minimum atomic E-state index is 0.146. The van der Waals surface area contributed by atoms with Crippen molar-refractivity contribution in [3.63, 3.8) is 0 Å². The van der Waals surface area contributed by atoms with Crippen LogP contribution in [0.15, 0.2) is 30.3 Å². The fraction of sp³-hybridized carbons (Fsp3) is 0.462. The Labute approximate surface area is 97.5 Å². The summed E-state index contributed by atoms with van der Waals surface area (Å²) in [6.07, 6.45) is 0.894. The van der Waals surface area contributed by atoms with Gasteiger partial charge in [-0.1, -0.05) is 49.7 Å². The van der Waals surface area contributed by atoms with Crippen LogP contribution in [0.25, 0.3) is 0 Å². The molecule has 0 aliphatic carbocycles. The van der Waals surface area contributed by atoms with E-state index in [1.54, 1.807) is 0 Å². The van der Waals surface area contributed by atoms with Crippen molar-refractivity contribution in [3.8, 4) is 0 Å². The first-order valence-corrected chi connectivity index (χ1v) is 5.75. The van der Waals surface area contributed by atoms with Gasteiger partial charge in [0.15, 0.2) is 0 Å². The number of carbonyl (C=O) groups is 1. The number of hydrogen-bond acceptors (Lipinski definition) is 1. The zero-order chi connectivity index (χ0) is 11.7. The fourth-order valence-electron chi connectivity index (χ4n) is 0.894. The molecule has 0 N–H and O–H groups in total. The maximum Gasteiger partial charge on any atom is 0.150 e. The number of rotatable bonds is 3. The van der Waals surface area contributed by atoms with Gasteiger partial charge in [0.25, 0.3) is 0 Å². The van der Waals surface area contributed by atoms with E-state index in [0.717, 1.165) is 6.42 Å². The van der Waals surface area contributed by atoms with E-state index in [-0.39, 0.29) is 17.6 Å². The van der Waals surface area contributed by atoms with Crippen molar-refractivity contribution in [2.24, 2.45) is 5.92 Å². The van der Waals surface area contributed by atoms with E-state index in [1.165, 1.54) is 5.56 Å². The van der Waals surface area contributed by atoms with E-state index in [9.17, 15) is 4.79 Å². The van der Waals surface area contributed by atoms with E-state index in [1.807, 2.05) is 32.0 Å². The van der Waals surface area contributed by atoms with Crippen LogP contribution in [0.4, 0.5) is 0 Å². The lowest BCUT2D eigenvalue weighted by atomic mass is 10.1. The number of hydrogen-bond donors (Lipinski definition) is 0. The van der Waals surface area contributed by atoms with Gasteiger partial charge in [0.05, 0.1) is 5.88 Å². The van der Waals surface area contributed by atoms with E-state index < -0.39 is 0 Å². The van der Waals surface area contributed by atoms with Gasteiger partial charge in [-0.3, -0.25) is 4.79 Å². The first-order chi connectivity index (χ1) is 7.11. The van der Waals surface area contributed by atoms with Crippen molar-refractivity contribution >= 4 is 17.4 Å². The van der Waals surface area contributed by atoms with Crippen molar-refractivity contribution in [1.82, 2.24) is 0 Å². The third-order valence-corrected chi connectivity index (χ3v) is 2.50. The lowest BCUT2D eigenvalue weighted by molar-refractivity contribution is -0.119. The largest absolute Gasteiger partial charge is 0.298 e. The van der Waals surface area contributed by atoms with Crippen LogP contribution in [0.3, 0.4) is 0 Å². The second-order valence-electron chi connectivity index (χ2n) is 3.56. The summed E-state index contributed by atoms with van der Waals surface area (Å²) in [5, 5.41) is 0. The molecule has 0 aliphatic heterocycles. The summed E-state index contributed by atoms with van der Waals surface area (Å²) in [6.45, 7) is 5.96. The van der Waals surface area contributed by atoms with Gasteiger partial charge in [-0.15, -0.1) is 11.6 Å². The van der Waals surface area contributed by atoms with Gasteiger partial charge in [0.1, 0.15) is 5.78 Å². The topological polar surface area (TPSA) is 17.1 Å². The lowest BCUT2D eigenvalue weighted by Gasteiger charge is -2.01. The lowest BCUT2D eigenvalue weighted by Crippen LogP contribution is -2.10. The number of benzene rings is 1. The van der Waals surface area contributed by atoms with Crippen LogP contribution in [-0.2, 0) is 4.79 Å². The van der Waals surface area contributed by atoms with Gasteiger partial charge < -0.3 is 0 Å². The number of alkyl halides is 1. The van der Waals surface area contributed by atoms with Crippen molar-refractivity contribution in [2.45, 2.75) is 27.2 Å². The number of Topliss-reactive ketones (excluding diaryl/α,β-unsaturated/α-hetero) is 1. The van der Waals surface area contributed by atoms with E-state index in [4.69, 9.17) is 11.6 Å². The molecule has 1 aromatic carbocycles. The van der Waals surface area contributed by atoms with Crippen molar-refractivity contribution in [1.29, 1.82) is 0 Å². The molecule has 0 heterocycles. The minimum absolute atomic E-state index is 0.146. The Kier molecular flexibility index (Phi) is 8.02. The van der Waals surface area contributed by atoms with Crippen LogP contribution in [-0.4, -0.2) is 11.7 Å². The first kappa shape index (κ1) is 14.2. The Morgan fingerprint density at radius 2 is 1.87 bits per heavy atom. The molecule has 0 fully saturated rings. The Morgan fingerprint density at radius 3 is 2.07 bits per heavy atom. The quantitative estimate of drug-likeness (QED) is 0.716. The third-order valence-electron chi connectivity index (χ3n) is 2.23. The Morgan fingerprint density at radius 1 is 1.33 bits per heavy atom. The predicted molar refractivity (Wildman–Crippen MR) is 66.4 cm³/mol. The Balaban J connectivity index is 0.000000262. The molecule has 1 nitrogen and oxygen atoms in total. The molecule has 1 atom stereocenters. The second kappa shape index (κ2) is 8.49. The summed E-state index contributed by atoms with van der Waals surface area (Å²) in [7, 11) is 0. The van der Waals surface area contributed by atoms with Crippen LogP contribution in [0.1, 0.15) is 25.8 Å². The summed E-state index contributed by atoms with van der Waals surface area (Å²) in [5.41, 5.74) is 1.32. The van der Waals surface area contributed by atoms with Gasteiger partial charge in [0, 0.05) is 5.92 Å². The molecule has 1 unspecified atom stereocenters. The normalized spacial score (nSPS) is 11.2. The van der Waals surface area contributed by atoms with Crippen LogP contribution in [0.2, 0.25) is 0 Å². The second-order valence-corrected chi connectivity index (χ2v) is 3.83. The molecule has 0 radical (unpaired) electrons. The molecule has 84 valence electrons. The summed E-state index contributed by atoms with van der Waals surface area (Å²) in [6, 6.07) is 10.3. The number of ketones is 1. The van der Waals surface area contributed by atoms with Crippen LogP contribution >= 0.6 is 11.6 Å². The molecular formula is C13H19ClO. The van der Waals surface area contributed by atoms with E-state index >= 15 is 0 Å². The molecular weight excluding hydrogens is 208 g/mol. The van der Waals surface area contributed by atoms with Gasteiger partial charge in [-0.25, -0.2) is 0 Å². The molecule has 2 heteroatoms. The van der Waals surface area contributed by atoms with Crippen molar-refractivity contribution in [3.05, 3.63) is 35.9 Å². The minimum Gasteiger partial charge on any atom is -0.298 e. The maximum atomic E-state index is 10.6. The summed E-state index contributed by atoms with van der Waals surface area (Å²) in [5.74, 6) is 0.455. The monoisotopic (exact) mass is 226 g/mol. The van der Waals surface area contributed by atoms with Gasteiger partial charge in [0.2, 0.25) is 0 Å². The standard InChI is InChI=1S/C7H8.C6H11ClO/c1-7-5-3-2-4-6-7;1-3-5(2)6(8)4-7/h2-6H,1H3;5H,3-4H2,1-2H3. The number of aryl methyl sites for hydroxylation is 1. The first-order valence-electron chi connectivity index (χ1n) is 5.22. The van der Waals surface area contributed by atoms with Crippen LogP contribution in [0.5, 0.6) is 0 Å². The highest BCUT2D eigenvalue weighted by atomic mass is 35.5. The third kappa shape index (κ3) is 7.15. The molecule has 0 saturated heterocycles. The average Bonchev–Trinajstić information content (AvgIpc) is 2.29. The molecule has 0 bridgehead atoms. The molecule has 1 aromatic rings. The average molecular weight is 227 g/mol. The molecule has 15 heavy (non-hydrogen) atoms. The van der Waals surface area contributed by atoms with Crippen LogP contribution in [0, 0.1) is 12.8 Å². The molecule has 0 aromatic heterocycles. The molecule has 0 amide bonds. The maximum absolute atomic E-state index is 10.6. The van der Waals surface area contributed by atoms with Gasteiger partial charge in [-0.2, -0.15) is 0 Å². The van der Waals surface area contributed by atoms with Crippen LogP contribution < -0.4 is 0 Å². The van der Waals surface area contributed by atoms with Gasteiger partial charge in [-0.05, 0) is 13.3 Å². The highest BCUT2D eigenvalue weighted by molar-refractivity contribution is 6.27. The summed E-state index contributed by atoms with van der Waals surface area (Å²) >= 11 is 5.28. The van der Waals surface area contributed by atoms with E-state index in [2.05, 4.69) is 19.1 Å². The molecule has 1 rings (SSSR count). The zero-order valence-corrected chi connectivity index (χ0v) is 10.4. The van der Waals surface area contributed by atoms with E-state index in [0.29, 0.717) is 0 Å². The Bertz CT molecular complexity index is 269. The molecule has 0 saturated carbocycles. The summed E-state index contributed by atoms with van der Waals surface area (Å²) < 4.78 is 0. The van der Waals surface area contributed by atoms with Gasteiger partial charge >= 0.3 is 0 Å². The molecule has 0 spiro atoms. The molecule has 0 aliphatic rings. The fourth-order valence-corrected chi connectivity index (χ4v) is 1.16. The summed E-state index contributed by atoms with van der Waals surface area (Å²) in [4.78, 5) is 10.6. The van der Waals surface area contributed by atoms with Crippen molar-refractivity contribution < 1.29 is 4.79 Å². The zero-order valence-electron chi connectivity index (χ0n) is 9.66. The highest BCUT2D eigenvalue weighted by Crippen LogP contribution is 2.02. The predicted octanol–water partition coefficient (Wildman–Crippen LogP) is 3.84.